The fourth-order valence-electron chi connectivity index (χ4n) is 4.46. The van der Waals surface area contributed by atoms with E-state index in [0.717, 1.165) is 60.8 Å². The molecule has 2 N–H and O–H groups in total. The van der Waals surface area contributed by atoms with E-state index in [9.17, 15) is 9.90 Å². The van der Waals surface area contributed by atoms with Gasteiger partial charge in [-0.25, -0.2) is 4.98 Å². The number of piperazine rings is 1. The molecule has 5 rings (SSSR count). The van der Waals surface area contributed by atoms with Crippen molar-refractivity contribution in [3.63, 3.8) is 0 Å². The zero-order valence-corrected chi connectivity index (χ0v) is 20.5. The molecule has 3 heterocycles. The number of hydrogen-bond acceptors (Lipinski definition) is 5. The summed E-state index contributed by atoms with van der Waals surface area (Å²) in [7, 11) is 0. The molecular formula is C27H31ClN4O2. The van der Waals surface area contributed by atoms with Crippen molar-refractivity contribution in [1.29, 1.82) is 0 Å². The van der Waals surface area contributed by atoms with Gasteiger partial charge < -0.3 is 20.2 Å². The van der Waals surface area contributed by atoms with Crippen LogP contribution in [-0.4, -0.2) is 48.7 Å². The summed E-state index contributed by atoms with van der Waals surface area (Å²) in [6, 6.07) is 15.3. The second kappa shape index (κ2) is 10.9. The molecule has 2 aromatic carbocycles. The summed E-state index contributed by atoms with van der Waals surface area (Å²) < 4.78 is 0. The van der Waals surface area contributed by atoms with E-state index in [0.29, 0.717) is 23.6 Å². The van der Waals surface area contributed by atoms with Gasteiger partial charge in [0.25, 0.3) is 0 Å². The number of aromatic hydroxyl groups is 1. The molecule has 1 amide bonds. The van der Waals surface area contributed by atoms with Crippen LogP contribution in [0.15, 0.2) is 54.7 Å². The number of benzene rings is 2. The van der Waals surface area contributed by atoms with Crippen molar-refractivity contribution in [2.45, 2.75) is 26.7 Å². The molecule has 0 atom stereocenters. The van der Waals surface area contributed by atoms with Crippen LogP contribution in [0.5, 0.6) is 5.75 Å². The van der Waals surface area contributed by atoms with Crippen LogP contribution >= 0.6 is 11.6 Å². The van der Waals surface area contributed by atoms with Crippen molar-refractivity contribution in [2.75, 3.05) is 42.5 Å². The third kappa shape index (κ3) is 4.88. The fraction of sp³-hybridized carbons (Fsp3) is 0.333. The number of rotatable bonds is 4. The Labute approximate surface area is 206 Å². The minimum Gasteiger partial charge on any atom is -0.507 e. The summed E-state index contributed by atoms with van der Waals surface area (Å²) >= 11 is 6.55. The van der Waals surface area contributed by atoms with Crippen LogP contribution in [0.2, 0.25) is 5.02 Å². The number of phenolic OH excluding ortho intramolecular Hbond substituents is 1. The number of carbonyl (C=O) groups excluding carboxylic acids is 1. The van der Waals surface area contributed by atoms with Gasteiger partial charge in [0.15, 0.2) is 0 Å². The summed E-state index contributed by atoms with van der Waals surface area (Å²) in [6.07, 6.45) is 3.20. The Morgan fingerprint density at radius 3 is 2.32 bits per heavy atom. The van der Waals surface area contributed by atoms with Gasteiger partial charge in [-0.2, -0.15) is 0 Å². The molecule has 2 fully saturated rings. The number of anilines is 2. The van der Waals surface area contributed by atoms with Crippen molar-refractivity contribution in [3.8, 4) is 28.0 Å². The lowest BCUT2D eigenvalue weighted by Gasteiger charge is -2.28. The molecular weight excluding hydrogens is 448 g/mol. The van der Waals surface area contributed by atoms with Gasteiger partial charge in [-0.15, -0.1) is 0 Å². The molecule has 2 aliphatic heterocycles. The lowest BCUT2D eigenvalue weighted by Crippen LogP contribution is -2.43. The van der Waals surface area contributed by atoms with Crippen LogP contribution in [-0.2, 0) is 4.79 Å². The van der Waals surface area contributed by atoms with Crippen molar-refractivity contribution in [2.24, 2.45) is 0 Å². The third-order valence-corrected chi connectivity index (χ3v) is 6.46. The molecule has 0 spiro atoms. The first-order valence-corrected chi connectivity index (χ1v) is 12.3. The van der Waals surface area contributed by atoms with Crippen LogP contribution in [0, 0.1) is 0 Å². The predicted molar refractivity (Wildman–Crippen MR) is 140 cm³/mol. The van der Waals surface area contributed by atoms with Crippen LogP contribution in [0.4, 0.5) is 11.5 Å². The Morgan fingerprint density at radius 2 is 1.68 bits per heavy atom. The Kier molecular flexibility index (Phi) is 7.70. The van der Waals surface area contributed by atoms with Crippen LogP contribution in [0.1, 0.15) is 26.7 Å². The molecule has 3 aromatic rings. The van der Waals surface area contributed by atoms with Gasteiger partial charge in [0.1, 0.15) is 11.6 Å². The van der Waals surface area contributed by atoms with Gasteiger partial charge in [-0.05, 0) is 41.8 Å². The van der Waals surface area contributed by atoms with Gasteiger partial charge >= 0.3 is 0 Å². The van der Waals surface area contributed by atoms with Crippen molar-refractivity contribution in [1.82, 2.24) is 10.3 Å². The summed E-state index contributed by atoms with van der Waals surface area (Å²) in [6.45, 7) is 8.38. The molecule has 0 aliphatic carbocycles. The highest BCUT2D eigenvalue weighted by atomic mass is 35.5. The predicted octanol–water partition coefficient (Wildman–Crippen LogP) is 5.34. The Balaban J connectivity index is 0.00000133. The summed E-state index contributed by atoms with van der Waals surface area (Å²) in [5.41, 5.74) is 3.89. The minimum absolute atomic E-state index is 0.0995. The molecule has 2 aliphatic rings. The van der Waals surface area contributed by atoms with E-state index in [-0.39, 0.29) is 11.7 Å². The minimum atomic E-state index is 0.0995. The normalized spacial score (nSPS) is 15.8. The highest BCUT2D eigenvalue weighted by Crippen LogP contribution is 2.41. The van der Waals surface area contributed by atoms with E-state index in [1.54, 1.807) is 11.1 Å². The summed E-state index contributed by atoms with van der Waals surface area (Å²) in [5.74, 6) is 1.21. The number of aromatic nitrogens is 1. The molecule has 0 bridgehead atoms. The highest BCUT2D eigenvalue weighted by molar-refractivity contribution is 6.34. The number of halogens is 1. The quantitative estimate of drug-likeness (QED) is 0.530. The van der Waals surface area contributed by atoms with Crippen LogP contribution < -0.4 is 15.1 Å². The van der Waals surface area contributed by atoms with Gasteiger partial charge in [-0.3, -0.25) is 4.79 Å². The van der Waals surface area contributed by atoms with E-state index in [1.165, 1.54) is 0 Å². The van der Waals surface area contributed by atoms with E-state index in [2.05, 4.69) is 15.2 Å². The number of para-hydroxylation sites is 1. The topological polar surface area (TPSA) is 68.7 Å². The SMILES string of the molecule is CC.O=C1CCCN1c1ccc(-c2cccc(-c3ccnc(N4CCNCC4)c3)c2O)cc1Cl. The van der Waals surface area contributed by atoms with Crippen molar-refractivity contribution >= 4 is 29.0 Å². The molecule has 7 heteroatoms. The molecule has 34 heavy (non-hydrogen) atoms. The Morgan fingerprint density at radius 1 is 0.971 bits per heavy atom. The van der Waals surface area contributed by atoms with Crippen LogP contribution in [0.25, 0.3) is 22.3 Å². The lowest BCUT2D eigenvalue weighted by atomic mass is 9.97. The number of nitrogens with one attached hydrogen (secondary N) is 1. The second-order valence-electron chi connectivity index (χ2n) is 8.16. The number of hydrogen-bond donors (Lipinski definition) is 2. The number of nitrogens with zero attached hydrogens (tertiary/aromatic N) is 3. The summed E-state index contributed by atoms with van der Waals surface area (Å²) in [5, 5.41) is 15.0. The largest absolute Gasteiger partial charge is 0.507 e. The smallest absolute Gasteiger partial charge is 0.227 e. The second-order valence-corrected chi connectivity index (χ2v) is 8.56. The summed E-state index contributed by atoms with van der Waals surface area (Å²) in [4.78, 5) is 20.6. The first kappa shape index (κ1) is 24.0. The maximum Gasteiger partial charge on any atom is 0.227 e. The first-order chi connectivity index (χ1) is 16.6. The fourth-order valence-corrected chi connectivity index (χ4v) is 4.74. The number of pyridine rings is 1. The molecule has 178 valence electrons. The number of phenols is 1. The molecule has 0 saturated carbocycles. The van der Waals surface area contributed by atoms with E-state index in [1.807, 2.05) is 62.4 Å². The molecule has 0 radical (unpaired) electrons. The highest BCUT2D eigenvalue weighted by Gasteiger charge is 2.24. The monoisotopic (exact) mass is 478 g/mol. The average molecular weight is 479 g/mol. The van der Waals surface area contributed by atoms with Gasteiger partial charge in [0, 0.05) is 56.5 Å². The molecule has 2 saturated heterocycles. The Hall–Kier alpha value is -3.09. The maximum absolute atomic E-state index is 12.1. The van der Waals surface area contributed by atoms with E-state index >= 15 is 0 Å². The zero-order chi connectivity index (χ0) is 24.1. The molecule has 6 nitrogen and oxygen atoms in total. The van der Waals surface area contributed by atoms with Gasteiger partial charge in [0.2, 0.25) is 5.91 Å². The average Bonchev–Trinajstić information content (AvgIpc) is 3.31. The van der Waals surface area contributed by atoms with Gasteiger partial charge in [-0.1, -0.05) is 49.7 Å². The van der Waals surface area contributed by atoms with E-state index in [4.69, 9.17) is 11.6 Å². The van der Waals surface area contributed by atoms with Crippen LogP contribution in [0.3, 0.4) is 0 Å². The van der Waals surface area contributed by atoms with Crippen molar-refractivity contribution < 1.29 is 9.90 Å². The zero-order valence-electron chi connectivity index (χ0n) is 19.7. The first-order valence-electron chi connectivity index (χ1n) is 12.0. The lowest BCUT2D eigenvalue weighted by molar-refractivity contribution is -0.117. The number of carbonyl (C=O) groups is 1. The Bertz CT molecular complexity index is 1160. The molecule has 0 unspecified atom stereocenters. The molecule has 1 aromatic heterocycles. The maximum atomic E-state index is 12.1. The van der Waals surface area contributed by atoms with Crippen molar-refractivity contribution in [3.05, 3.63) is 59.8 Å². The van der Waals surface area contributed by atoms with Gasteiger partial charge in [0.05, 0.1) is 10.7 Å². The number of amides is 1. The standard InChI is InChI=1S/C25H25ClN4O2.C2H6/c26-21-15-17(6-7-22(21)30-12-2-5-24(30)31)19-3-1-4-20(25(19)32)18-8-9-28-23(16-18)29-13-10-27-11-14-29;1-2/h1,3-4,6-9,15-16,27,32H,2,5,10-14H2;1-2H3. The third-order valence-electron chi connectivity index (χ3n) is 6.16. The van der Waals surface area contributed by atoms with E-state index < -0.39 is 0 Å².